The number of rotatable bonds is 9. The van der Waals surface area contributed by atoms with Gasteiger partial charge in [-0.15, -0.1) is 0 Å². The summed E-state index contributed by atoms with van der Waals surface area (Å²) >= 11 is 0. The molecule has 4 aromatic carbocycles. The molecule has 59 heavy (non-hydrogen) atoms. The SMILES string of the molecule is COc1ccccc1C=O.COc1ccccc1CN1Cc2ncnc(Nc3cnc4ccccc4c3)c2C1.c1ccc2ncc(Nc3ncnc4c3CNC4)cc2c1. The van der Waals surface area contributed by atoms with Crippen molar-refractivity contribution in [2.24, 2.45) is 0 Å². The number of anilines is 4. The summed E-state index contributed by atoms with van der Waals surface area (Å²) in [6, 6.07) is 35.6. The molecule has 13 nitrogen and oxygen atoms in total. The van der Waals surface area contributed by atoms with Crippen molar-refractivity contribution >= 4 is 51.1 Å². The largest absolute Gasteiger partial charge is 0.496 e. The second-order valence-electron chi connectivity index (χ2n) is 13.8. The topological polar surface area (TPSA) is 152 Å². The fourth-order valence-corrected chi connectivity index (χ4v) is 7.05. The monoisotopic (exact) mass is 782 g/mol. The molecule has 0 fully saturated rings. The maximum atomic E-state index is 10.3. The zero-order valence-corrected chi connectivity index (χ0v) is 32.7. The molecule has 0 bridgehead atoms. The van der Waals surface area contributed by atoms with Crippen molar-refractivity contribution in [2.45, 2.75) is 32.7 Å². The number of hydrogen-bond acceptors (Lipinski definition) is 13. The Morgan fingerprint density at radius 1 is 0.627 bits per heavy atom. The highest BCUT2D eigenvalue weighted by molar-refractivity contribution is 5.83. The van der Waals surface area contributed by atoms with Gasteiger partial charge in [-0.1, -0.05) is 66.7 Å². The lowest BCUT2D eigenvalue weighted by molar-refractivity contribution is 0.112. The van der Waals surface area contributed by atoms with Gasteiger partial charge in [0, 0.05) is 60.2 Å². The molecule has 0 radical (unpaired) electrons. The fourth-order valence-electron chi connectivity index (χ4n) is 7.05. The summed E-state index contributed by atoms with van der Waals surface area (Å²) in [5.74, 6) is 3.24. The lowest BCUT2D eigenvalue weighted by Gasteiger charge is -2.16. The van der Waals surface area contributed by atoms with E-state index in [1.165, 1.54) is 5.56 Å². The molecule has 0 aliphatic carbocycles. The van der Waals surface area contributed by atoms with Crippen LogP contribution in [-0.4, -0.2) is 55.3 Å². The van der Waals surface area contributed by atoms with E-state index in [4.69, 9.17) is 9.47 Å². The highest BCUT2D eigenvalue weighted by Crippen LogP contribution is 2.31. The minimum Gasteiger partial charge on any atom is -0.496 e. The molecule has 0 saturated heterocycles. The molecule has 13 heteroatoms. The van der Waals surface area contributed by atoms with Gasteiger partial charge in [-0.3, -0.25) is 19.7 Å². The van der Waals surface area contributed by atoms with Crippen molar-refractivity contribution in [1.82, 2.24) is 40.1 Å². The lowest BCUT2D eigenvalue weighted by Crippen LogP contribution is -2.16. The molecule has 6 heterocycles. The van der Waals surface area contributed by atoms with Gasteiger partial charge in [-0.05, 0) is 42.5 Å². The van der Waals surface area contributed by atoms with Crippen molar-refractivity contribution in [3.8, 4) is 11.5 Å². The molecular weight excluding hydrogens is 741 g/mol. The van der Waals surface area contributed by atoms with Gasteiger partial charge in [0.05, 0.1) is 66.0 Å². The number of carbonyl (C=O) groups is 1. The Labute approximate surface area is 341 Å². The quantitative estimate of drug-likeness (QED) is 0.121. The summed E-state index contributed by atoms with van der Waals surface area (Å²) in [6.45, 7) is 4.00. The zero-order chi connectivity index (χ0) is 40.4. The van der Waals surface area contributed by atoms with E-state index in [0.29, 0.717) is 11.3 Å². The normalized spacial score (nSPS) is 12.6. The number of carbonyl (C=O) groups excluding carboxylic acids is 1. The van der Waals surface area contributed by atoms with Gasteiger partial charge < -0.3 is 25.4 Å². The van der Waals surface area contributed by atoms with Gasteiger partial charge in [0.1, 0.15) is 35.8 Å². The fraction of sp³-hybridized carbons (Fsp3) is 0.152. The number of aromatic nitrogens is 6. The first-order valence-electron chi connectivity index (χ1n) is 19.1. The van der Waals surface area contributed by atoms with Crippen molar-refractivity contribution in [2.75, 3.05) is 24.9 Å². The Morgan fingerprint density at radius 2 is 1.20 bits per heavy atom. The number of hydrogen-bond donors (Lipinski definition) is 3. The summed E-state index contributed by atoms with van der Waals surface area (Å²) in [6.07, 6.45) is 7.68. The van der Waals surface area contributed by atoms with Gasteiger partial charge in [0.25, 0.3) is 0 Å². The van der Waals surface area contributed by atoms with E-state index in [2.05, 4.69) is 81.1 Å². The predicted octanol–water partition coefficient (Wildman–Crippen LogP) is 8.17. The van der Waals surface area contributed by atoms with Gasteiger partial charge in [0.2, 0.25) is 0 Å². The van der Waals surface area contributed by atoms with E-state index in [-0.39, 0.29) is 0 Å². The molecular formula is C46H42N10O3. The molecule has 2 aliphatic heterocycles. The molecule has 0 saturated carbocycles. The van der Waals surface area contributed by atoms with E-state index in [1.807, 2.05) is 73.1 Å². The highest BCUT2D eigenvalue weighted by atomic mass is 16.5. The molecule has 10 rings (SSSR count). The molecule has 4 aromatic heterocycles. The minimum absolute atomic E-state index is 0.588. The van der Waals surface area contributed by atoms with E-state index in [0.717, 1.165) is 112 Å². The molecule has 0 spiro atoms. The molecule has 0 unspecified atom stereocenters. The molecule has 0 amide bonds. The van der Waals surface area contributed by atoms with E-state index in [1.54, 1.807) is 45.1 Å². The first-order chi connectivity index (χ1) is 29.1. The average molecular weight is 783 g/mol. The molecule has 8 aromatic rings. The lowest BCUT2D eigenvalue weighted by atomic mass is 10.2. The number of nitrogens with one attached hydrogen (secondary N) is 3. The van der Waals surface area contributed by atoms with Crippen LogP contribution in [0.1, 0.15) is 38.4 Å². The summed E-state index contributed by atoms with van der Waals surface area (Å²) < 4.78 is 10.4. The number of para-hydroxylation sites is 4. The third-order valence-corrected chi connectivity index (χ3v) is 9.98. The highest BCUT2D eigenvalue weighted by Gasteiger charge is 2.25. The van der Waals surface area contributed by atoms with Crippen molar-refractivity contribution in [3.63, 3.8) is 0 Å². The third kappa shape index (κ3) is 9.12. The zero-order valence-electron chi connectivity index (χ0n) is 32.7. The van der Waals surface area contributed by atoms with Crippen molar-refractivity contribution in [3.05, 3.63) is 168 Å². The maximum absolute atomic E-state index is 10.3. The van der Waals surface area contributed by atoms with Crippen LogP contribution in [-0.2, 0) is 32.7 Å². The number of nitrogens with zero attached hydrogens (tertiary/aromatic N) is 7. The maximum Gasteiger partial charge on any atom is 0.153 e. The van der Waals surface area contributed by atoms with Crippen LogP contribution in [0.2, 0.25) is 0 Å². The number of aldehydes is 1. The van der Waals surface area contributed by atoms with Crippen LogP contribution in [0.25, 0.3) is 21.8 Å². The van der Waals surface area contributed by atoms with E-state index in [9.17, 15) is 4.79 Å². The molecule has 2 aliphatic rings. The summed E-state index contributed by atoms with van der Waals surface area (Å²) in [5.41, 5.74) is 10.00. The Balaban J connectivity index is 0.000000139. The number of pyridine rings is 2. The molecule has 3 N–H and O–H groups in total. The van der Waals surface area contributed by atoms with Gasteiger partial charge in [0.15, 0.2) is 6.29 Å². The van der Waals surface area contributed by atoms with Gasteiger partial charge in [-0.2, -0.15) is 0 Å². The van der Waals surface area contributed by atoms with Crippen molar-refractivity contribution in [1.29, 1.82) is 0 Å². The Hall–Kier alpha value is -7.35. The summed E-state index contributed by atoms with van der Waals surface area (Å²) in [4.78, 5) is 39.3. The first-order valence-corrected chi connectivity index (χ1v) is 19.1. The average Bonchev–Trinajstić information content (AvgIpc) is 3.95. The number of ether oxygens (including phenoxy) is 2. The van der Waals surface area contributed by atoms with Crippen LogP contribution >= 0.6 is 0 Å². The second-order valence-corrected chi connectivity index (χ2v) is 13.8. The Kier molecular flexibility index (Phi) is 11.9. The molecule has 0 atom stereocenters. The van der Waals surface area contributed by atoms with Crippen molar-refractivity contribution < 1.29 is 14.3 Å². The Bertz CT molecular complexity index is 2730. The predicted molar refractivity (Wildman–Crippen MR) is 229 cm³/mol. The van der Waals surface area contributed by atoms with Crippen LogP contribution < -0.4 is 25.4 Å². The van der Waals surface area contributed by atoms with Crippen LogP contribution in [0.4, 0.5) is 23.0 Å². The number of benzene rings is 4. The minimum atomic E-state index is 0.588. The first kappa shape index (κ1) is 38.5. The Morgan fingerprint density at radius 3 is 1.85 bits per heavy atom. The van der Waals surface area contributed by atoms with Gasteiger partial charge in [-0.25, -0.2) is 19.9 Å². The van der Waals surface area contributed by atoms with Crippen LogP contribution in [0.3, 0.4) is 0 Å². The number of fused-ring (bicyclic) bond motifs is 4. The van der Waals surface area contributed by atoms with Crippen LogP contribution in [0.15, 0.2) is 134 Å². The smallest absolute Gasteiger partial charge is 0.153 e. The van der Waals surface area contributed by atoms with E-state index < -0.39 is 0 Å². The second kappa shape index (κ2) is 18.3. The summed E-state index contributed by atoms with van der Waals surface area (Å²) in [5, 5.41) is 12.3. The summed E-state index contributed by atoms with van der Waals surface area (Å²) in [7, 11) is 3.25. The van der Waals surface area contributed by atoms with Gasteiger partial charge >= 0.3 is 0 Å². The van der Waals surface area contributed by atoms with E-state index >= 15 is 0 Å². The number of methoxy groups -OCH3 is 2. The molecule has 294 valence electrons. The van der Waals surface area contributed by atoms with Crippen LogP contribution in [0, 0.1) is 0 Å². The third-order valence-electron chi connectivity index (χ3n) is 9.98. The standard InChI is InChI=1S/C23H21N5O.C15H13N5.C8H8O2/c1-29-22-9-5-3-7-17(22)12-28-13-19-21(14-28)25-15-26-23(19)27-18-10-16-6-2-4-8-20(16)24-11-18;1-2-4-13-10(3-1)5-11(6-17-13)20-15-12-7-16-8-14(12)18-9-19-15;1-10-8-5-3-2-4-7(8)6-9/h2-11,15H,12-14H2,1H3,(H,25,26,27);1-6,9,16H,7-8H2,(H,18,19,20);2-6H,1H3. The van der Waals surface area contributed by atoms with Crippen LogP contribution in [0.5, 0.6) is 11.5 Å².